The molecule has 0 aliphatic heterocycles. The Hall–Kier alpha value is -9.99. The summed E-state index contributed by atoms with van der Waals surface area (Å²) in [6.07, 6.45) is 0. The number of benzene rings is 6. The summed E-state index contributed by atoms with van der Waals surface area (Å²) >= 11 is 0. The maximum Gasteiger partial charge on any atom is 0.325 e. The first-order chi connectivity index (χ1) is 54.6. The monoisotopic (exact) mass is 1690 g/mol. The summed E-state index contributed by atoms with van der Waals surface area (Å²) in [4.78, 5) is 98.8. The number of esters is 2. The average Bonchev–Trinajstić information content (AvgIpc) is 0.794. The largest absolute Gasteiger partial charge is 0.497 e. The van der Waals surface area contributed by atoms with Gasteiger partial charge in [-0.1, -0.05) is 36.4 Å². The molecule has 646 valence electrons. The summed E-state index contributed by atoms with van der Waals surface area (Å²) in [5.41, 5.74) is 12.9. The number of rotatable bonds is 37. The molecule has 0 aliphatic rings. The highest BCUT2D eigenvalue weighted by atomic mass is 32.2. The second-order valence-corrected chi connectivity index (χ2v) is 34.9. The summed E-state index contributed by atoms with van der Waals surface area (Å²) in [5.74, 6) is 4.85. The number of nitrogens with zero attached hydrogens (tertiary/aromatic N) is 6. The van der Waals surface area contributed by atoms with Crippen molar-refractivity contribution in [3.8, 4) is 23.0 Å². The molecule has 0 aromatic heterocycles. The summed E-state index contributed by atoms with van der Waals surface area (Å²) in [5, 5.41) is 2.52. The minimum Gasteiger partial charge on any atom is -0.497 e. The van der Waals surface area contributed by atoms with E-state index in [4.69, 9.17) is 54.2 Å². The Bertz CT molecular complexity index is 4600. The minimum absolute atomic E-state index is 0.0384. The van der Waals surface area contributed by atoms with Gasteiger partial charge in [-0.05, 0) is 206 Å². The lowest BCUT2D eigenvalue weighted by Gasteiger charge is -2.21. The number of nitrogen functional groups attached to an aromatic ring is 1. The number of likely N-dealkylation sites (N-methyl/N-ethyl adjacent to an activating group) is 6. The van der Waals surface area contributed by atoms with Crippen LogP contribution in [0.2, 0.25) is 0 Å². The number of nitrogens with two attached hydrogens (primary N) is 2. The van der Waals surface area contributed by atoms with Crippen LogP contribution in [0.5, 0.6) is 23.0 Å². The van der Waals surface area contributed by atoms with Crippen LogP contribution in [0.25, 0.3) is 0 Å². The van der Waals surface area contributed by atoms with E-state index in [2.05, 4.69) is 10.7 Å². The number of hydrogen-bond acceptors (Lipinski definition) is 25. The molecular weight excluding hydrogens is 1580 g/mol. The molecule has 0 spiro atoms. The second-order valence-electron chi connectivity index (χ2n) is 28.9. The second kappa shape index (κ2) is 47.4. The van der Waals surface area contributed by atoms with E-state index >= 15 is 0 Å². The van der Waals surface area contributed by atoms with E-state index in [1.165, 1.54) is 70.1 Å². The smallest absolute Gasteiger partial charge is 0.325 e. The average molecular weight is 1690 g/mol. The van der Waals surface area contributed by atoms with Crippen LogP contribution in [-0.2, 0) is 102 Å². The predicted molar refractivity (Wildman–Crippen MR) is 439 cm³/mol. The molecule has 0 radical (unpaired) electrons. The molecule has 0 fully saturated rings. The van der Waals surface area contributed by atoms with Gasteiger partial charge in [-0.25, -0.2) is 31.1 Å². The molecule has 0 heterocycles. The molecule has 6 N–H and O–H groups in total. The zero-order valence-electron chi connectivity index (χ0n) is 70.8. The van der Waals surface area contributed by atoms with Gasteiger partial charge >= 0.3 is 11.9 Å². The lowest BCUT2D eigenvalue weighted by Crippen LogP contribution is -2.34. The molecule has 36 heteroatoms. The molecule has 0 atom stereocenters. The van der Waals surface area contributed by atoms with Gasteiger partial charge in [-0.2, -0.15) is 12.9 Å². The van der Waals surface area contributed by atoms with E-state index in [0.717, 1.165) is 16.7 Å². The zero-order chi connectivity index (χ0) is 88.5. The Morgan fingerprint density at radius 1 is 0.419 bits per heavy atom. The third kappa shape index (κ3) is 33.5. The van der Waals surface area contributed by atoms with Crippen LogP contribution < -0.4 is 41.3 Å². The fraction of sp³-hybridized carbons (Fsp3) is 0.457. The van der Waals surface area contributed by atoms with E-state index < -0.39 is 59.1 Å². The van der Waals surface area contributed by atoms with Crippen molar-refractivity contribution in [1.29, 1.82) is 0 Å². The standard InChI is InChI=1S/C29H41N3O8S.C23H32N4O6S.C23H30N2O7S.C6H13NO2/c1-20-15-24(38-8)16-21(2)27(20)41(36,37)32(7)13-14-39-19-25(33)31(6)18-22-9-11-23(12-10-22)28(35)30-17-26(34)40-29(3,4)5;1-16-12-20(32-5)13-17(2)22(16)34(30,31)27(4)10-11-33-15-21(28)26(3)14-18-6-8-19(9-7-18)23(29)25-24;1-17-12-21(30-5)13-18(2)23(17)33(28,29)25(4)10-11-31-15-22(27)24(3)14-19-6-8-20(9-7-19)32-16-26;1-6(2,3)9-5(8)4-7/h9-12,15-16H,13-14,17-19H2,1-8H3,(H,30,35);6-9,12-13H,10-11,14-15,24H2,1-5H3,(H,25,29);6-9,12-13,16H,10-11,14-15H2,1-5H3;4,7H2,1-3H3. The molecule has 6 aromatic rings. The number of amides is 5. The van der Waals surface area contributed by atoms with Crippen molar-refractivity contribution in [3.63, 3.8) is 0 Å². The van der Waals surface area contributed by atoms with E-state index in [1.54, 1.807) is 213 Å². The quantitative estimate of drug-likeness (QED) is 0.00827. The highest BCUT2D eigenvalue weighted by Gasteiger charge is 2.30. The van der Waals surface area contributed by atoms with Gasteiger partial charge in [-0.15, -0.1) is 0 Å². The van der Waals surface area contributed by atoms with Crippen molar-refractivity contribution in [2.75, 3.05) is 136 Å². The van der Waals surface area contributed by atoms with Gasteiger partial charge in [0.15, 0.2) is 0 Å². The Kier molecular flexibility index (Phi) is 41.0. The SMILES string of the molecule is CC(C)(C)OC(=O)CN.COc1cc(C)c(S(=O)(=O)N(C)CCOCC(=O)N(C)Cc2ccc(C(=O)NCC(=O)OC(C)(C)C)cc2)c(C)c1.COc1cc(C)c(S(=O)(=O)N(C)CCOCC(=O)N(C)Cc2ccc(C(=O)NN)cc2)c(C)c1.COc1cc(C)c(S(=O)(=O)N(C)CCOCC(=O)N(C)Cc2ccc(OC=O)cc2)c(C)c1. The Balaban J connectivity index is 0.000000432. The first-order valence-corrected chi connectivity index (χ1v) is 41.0. The van der Waals surface area contributed by atoms with Crippen molar-refractivity contribution >= 4 is 78.0 Å². The highest BCUT2D eigenvalue weighted by molar-refractivity contribution is 7.89. The number of hydrogen-bond donors (Lipinski definition) is 4. The highest BCUT2D eigenvalue weighted by Crippen LogP contribution is 2.31. The van der Waals surface area contributed by atoms with E-state index in [9.17, 15) is 63.6 Å². The van der Waals surface area contributed by atoms with Crippen LogP contribution in [-0.4, -0.2) is 248 Å². The van der Waals surface area contributed by atoms with Crippen molar-refractivity contribution in [2.24, 2.45) is 11.6 Å². The van der Waals surface area contributed by atoms with Crippen LogP contribution in [0.1, 0.15) is 112 Å². The maximum absolute atomic E-state index is 13.1. The zero-order valence-corrected chi connectivity index (χ0v) is 73.3. The Labute approximate surface area is 688 Å². The van der Waals surface area contributed by atoms with Gasteiger partial charge in [-0.3, -0.25) is 43.8 Å². The van der Waals surface area contributed by atoms with Crippen LogP contribution in [0, 0.1) is 41.5 Å². The molecule has 5 amide bonds. The van der Waals surface area contributed by atoms with E-state index in [-0.39, 0.29) is 117 Å². The van der Waals surface area contributed by atoms with Crippen LogP contribution >= 0.6 is 0 Å². The minimum atomic E-state index is -3.76. The van der Waals surface area contributed by atoms with Crippen LogP contribution in [0.15, 0.2) is 124 Å². The topological polar surface area (TPSA) is 418 Å². The summed E-state index contributed by atoms with van der Waals surface area (Å²) < 4.78 is 129. The van der Waals surface area contributed by atoms with E-state index in [0.29, 0.717) is 87.1 Å². The lowest BCUT2D eigenvalue weighted by atomic mass is 10.1. The number of sulfonamides is 3. The number of carbonyl (C=O) groups is 8. The predicted octanol–water partition coefficient (Wildman–Crippen LogP) is 6.32. The fourth-order valence-electron chi connectivity index (χ4n) is 11.0. The van der Waals surface area contributed by atoms with Gasteiger partial charge in [0.05, 0.1) is 62.4 Å². The maximum atomic E-state index is 13.1. The number of methoxy groups -OCH3 is 3. The first kappa shape index (κ1) is 101. The van der Waals surface area contributed by atoms with Crippen molar-refractivity contribution in [1.82, 2.24) is 38.4 Å². The normalized spacial score (nSPS) is 11.5. The van der Waals surface area contributed by atoms with Gasteiger partial charge < -0.3 is 68.4 Å². The molecule has 6 aromatic carbocycles. The number of hydrazine groups is 1. The summed E-state index contributed by atoms with van der Waals surface area (Å²) in [6, 6.07) is 30.2. The number of ether oxygens (including phenoxy) is 9. The molecule has 117 heavy (non-hydrogen) atoms. The summed E-state index contributed by atoms with van der Waals surface area (Å²) in [6.45, 7) is 21.9. The molecule has 0 saturated heterocycles. The van der Waals surface area contributed by atoms with Gasteiger partial charge in [0.1, 0.15) is 60.6 Å². The number of carbonyl (C=O) groups excluding carboxylic acids is 8. The number of nitrogens with one attached hydrogen (secondary N) is 2. The molecule has 0 saturated carbocycles. The molecule has 33 nitrogen and oxygen atoms in total. The van der Waals surface area contributed by atoms with Gasteiger partial charge in [0, 0.05) is 92.7 Å². The third-order valence-corrected chi connectivity index (χ3v) is 23.4. The first-order valence-electron chi connectivity index (χ1n) is 36.7. The van der Waals surface area contributed by atoms with Crippen LogP contribution in [0.3, 0.4) is 0 Å². The van der Waals surface area contributed by atoms with Gasteiger partial charge in [0.2, 0.25) is 47.8 Å². The molecule has 6 rings (SSSR count). The van der Waals surface area contributed by atoms with E-state index in [1.807, 2.05) is 0 Å². The molecule has 0 aliphatic carbocycles. The van der Waals surface area contributed by atoms with Crippen molar-refractivity contribution < 1.29 is 106 Å². The Morgan fingerprint density at radius 3 is 0.940 bits per heavy atom. The lowest BCUT2D eigenvalue weighted by molar-refractivity contribution is -0.154. The summed E-state index contributed by atoms with van der Waals surface area (Å²) in [7, 11) is 2.72. The molecular formula is C81H116N10O23S3. The van der Waals surface area contributed by atoms with Crippen LogP contribution in [0.4, 0.5) is 0 Å². The van der Waals surface area contributed by atoms with Crippen molar-refractivity contribution in [2.45, 2.75) is 129 Å². The Morgan fingerprint density at radius 2 is 0.692 bits per heavy atom. The van der Waals surface area contributed by atoms with Crippen molar-refractivity contribution in [3.05, 3.63) is 170 Å². The fourth-order valence-corrected chi connectivity index (χ4v) is 15.6. The molecule has 0 bridgehead atoms. The van der Waals surface area contributed by atoms with Gasteiger partial charge in [0.25, 0.3) is 18.3 Å². The number of aryl methyl sites for hydroxylation is 6. The molecule has 0 unspecified atom stereocenters. The third-order valence-electron chi connectivity index (χ3n) is 16.9.